The number of anilines is 1. The van der Waals surface area contributed by atoms with Crippen molar-refractivity contribution in [2.45, 2.75) is 31.2 Å². The van der Waals surface area contributed by atoms with E-state index in [0.29, 0.717) is 0 Å². The Bertz CT molecular complexity index is 1130. The Kier molecular flexibility index (Phi) is 5.38. The molecule has 4 heterocycles. The van der Waals surface area contributed by atoms with Crippen molar-refractivity contribution in [3.8, 4) is 11.3 Å². The van der Waals surface area contributed by atoms with Gasteiger partial charge in [-0.15, -0.1) is 10.2 Å². The second-order valence-electron chi connectivity index (χ2n) is 7.14. The van der Waals surface area contributed by atoms with Crippen LogP contribution >= 0.6 is 0 Å². The first-order valence-corrected chi connectivity index (χ1v) is 9.41. The van der Waals surface area contributed by atoms with Crippen LogP contribution in [0.4, 0.5) is 32.3 Å². The molecule has 4 rings (SSSR count). The van der Waals surface area contributed by atoms with Crippen molar-refractivity contribution in [1.29, 1.82) is 0 Å². The topological polar surface area (TPSA) is 88.3 Å². The lowest BCUT2D eigenvalue weighted by molar-refractivity contribution is -0.186. The lowest BCUT2D eigenvalue weighted by Gasteiger charge is -2.32. The van der Waals surface area contributed by atoms with E-state index in [1.54, 1.807) is 0 Å². The molecule has 1 aliphatic rings. The van der Waals surface area contributed by atoms with Crippen LogP contribution in [0.15, 0.2) is 30.6 Å². The zero-order valence-corrected chi connectivity index (χ0v) is 16.2. The molecule has 1 amide bonds. The fourth-order valence-electron chi connectivity index (χ4n) is 3.46. The van der Waals surface area contributed by atoms with Crippen LogP contribution in [-0.4, -0.2) is 60.9 Å². The third kappa shape index (κ3) is 4.29. The van der Waals surface area contributed by atoms with Crippen LogP contribution in [-0.2, 0) is 11.0 Å². The largest absolute Gasteiger partial charge is 0.471 e. The Hall–Kier alpha value is -3.45. The van der Waals surface area contributed by atoms with Gasteiger partial charge >= 0.3 is 18.3 Å². The molecule has 1 fully saturated rings. The quantitative estimate of drug-likeness (QED) is 0.606. The Labute approximate surface area is 176 Å². The van der Waals surface area contributed by atoms with Crippen molar-refractivity contribution in [2.24, 2.45) is 0 Å². The summed E-state index contributed by atoms with van der Waals surface area (Å²) in [5, 5.41) is 14.9. The molecule has 0 saturated carbocycles. The third-order valence-electron chi connectivity index (χ3n) is 5.01. The number of carbonyl (C=O) groups is 1. The Morgan fingerprint density at radius 2 is 1.81 bits per heavy atom. The van der Waals surface area contributed by atoms with E-state index in [0.717, 1.165) is 11.0 Å². The molecule has 0 unspecified atom stereocenters. The number of pyridine rings is 1. The minimum atomic E-state index is -4.91. The maximum absolute atomic E-state index is 13.3. The van der Waals surface area contributed by atoms with Gasteiger partial charge in [0.1, 0.15) is 0 Å². The zero-order valence-electron chi connectivity index (χ0n) is 16.2. The second-order valence-corrected chi connectivity index (χ2v) is 7.14. The van der Waals surface area contributed by atoms with Crippen molar-refractivity contribution >= 4 is 17.5 Å². The molecule has 3 aromatic rings. The molecule has 0 bridgehead atoms. The van der Waals surface area contributed by atoms with Gasteiger partial charge in [0.2, 0.25) is 5.95 Å². The molecule has 3 aromatic heterocycles. The maximum atomic E-state index is 13.3. The summed E-state index contributed by atoms with van der Waals surface area (Å²) in [6.45, 7) is -0.158. The molecule has 8 nitrogen and oxygen atoms in total. The van der Waals surface area contributed by atoms with E-state index in [2.05, 4.69) is 25.6 Å². The Morgan fingerprint density at radius 3 is 2.47 bits per heavy atom. The summed E-state index contributed by atoms with van der Waals surface area (Å²) in [5.74, 6) is -1.69. The fraction of sp³-hybridized carbons (Fsp3) is 0.389. The number of alkyl halides is 6. The van der Waals surface area contributed by atoms with Gasteiger partial charge in [-0.05, 0) is 31.0 Å². The molecule has 0 aliphatic carbocycles. The maximum Gasteiger partial charge on any atom is 0.471 e. The summed E-state index contributed by atoms with van der Waals surface area (Å²) in [5.41, 5.74) is -0.949. The summed E-state index contributed by atoms with van der Waals surface area (Å²) in [7, 11) is 0. The normalized spacial score (nSPS) is 15.9. The summed E-state index contributed by atoms with van der Waals surface area (Å²) < 4.78 is 78.7. The molecule has 14 heteroatoms. The number of fused-ring (bicyclic) bond motifs is 1. The predicted molar refractivity (Wildman–Crippen MR) is 98.3 cm³/mol. The van der Waals surface area contributed by atoms with Crippen LogP contribution in [0.25, 0.3) is 16.9 Å². The highest BCUT2D eigenvalue weighted by Crippen LogP contribution is 2.35. The molecular formula is C18H15F6N7O. The van der Waals surface area contributed by atoms with E-state index in [1.165, 1.54) is 29.0 Å². The molecule has 170 valence electrons. The van der Waals surface area contributed by atoms with Crippen molar-refractivity contribution in [1.82, 2.24) is 29.7 Å². The van der Waals surface area contributed by atoms with Gasteiger partial charge in [-0.3, -0.25) is 9.78 Å². The number of aromatic nitrogens is 5. The molecule has 0 aromatic carbocycles. The standard InChI is InChI=1S/C18H15F6N7O/c19-17(20,21)12-2-1-5-25-14(12)10-8-13-28-29-16(31(13)26-9-10)27-11-3-6-30(7-4-11)15(32)18(22,23)24/h1-2,5,8-9,11H,3-4,6-7H2,(H,27,29). The average molecular weight is 459 g/mol. The van der Waals surface area contributed by atoms with Gasteiger partial charge in [0.15, 0.2) is 5.65 Å². The van der Waals surface area contributed by atoms with E-state index < -0.39 is 23.8 Å². The number of hydrogen-bond donors (Lipinski definition) is 1. The first-order chi connectivity index (χ1) is 15.0. The molecule has 1 aliphatic heterocycles. The zero-order chi connectivity index (χ0) is 23.1. The lowest BCUT2D eigenvalue weighted by Crippen LogP contribution is -2.47. The number of amides is 1. The van der Waals surface area contributed by atoms with Crippen molar-refractivity contribution in [2.75, 3.05) is 18.4 Å². The van der Waals surface area contributed by atoms with Crippen LogP contribution in [0.3, 0.4) is 0 Å². The minimum Gasteiger partial charge on any atom is -0.350 e. The Morgan fingerprint density at radius 1 is 1.09 bits per heavy atom. The molecule has 32 heavy (non-hydrogen) atoms. The van der Waals surface area contributed by atoms with Gasteiger partial charge in [-0.25, -0.2) is 0 Å². The highest BCUT2D eigenvalue weighted by molar-refractivity contribution is 5.82. The van der Waals surface area contributed by atoms with E-state index >= 15 is 0 Å². The molecule has 1 N–H and O–H groups in total. The van der Waals surface area contributed by atoms with Gasteiger partial charge in [-0.1, -0.05) is 0 Å². The minimum absolute atomic E-state index is 0.0791. The van der Waals surface area contributed by atoms with Crippen LogP contribution < -0.4 is 5.32 Å². The van der Waals surface area contributed by atoms with Gasteiger partial charge < -0.3 is 10.2 Å². The number of carbonyl (C=O) groups excluding carboxylic acids is 1. The predicted octanol–water partition coefficient (Wildman–Crippen LogP) is 3.17. The number of rotatable bonds is 3. The summed E-state index contributed by atoms with van der Waals surface area (Å²) in [4.78, 5) is 15.9. The van der Waals surface area contributed by atoms with Crippen molar-refractivity contribution in [3.63, 3.8) is 0 Å². The SMILES string of the molecule is O=C(N1CCC(Nc2nnc3cc(-c4ncccc4C(F)(F)F)cnn23)CC1)C(F)(F)F. The second kappa shape index (κ2) is 7.91. The Balaban J connectivity index is 1.50. The van der Waals surface area contributed by atoms with E-state index in [-0.39, 0.29) is 54.8 Å². The molecule has 0 spiro atoms. The van der Waals surface area contributed by atoms with Crippen LogP contribution in [0, 0.1) is 0 Å². The number of piperidine rings is 1. The van der Waals surface area contributed by atoms with Crippen molar-refractivity contribution < 1.29 is 31.1 Å². The van der Waals surface area contributed by atoms with E-state index in [1.807, 2.05) is 0 Å². The first-order valence-electron chi connectivity index (χ1n) is 9.41. The van der Waals surface area contributed by atoms with Gasteiger partial charge in [0.25, 0.3) is 0 Å². The van der Waals surface area contributed by atoms with Gasteiger partial charge in [0, 0.05) is 30.9 Å². The highest BCUT2D eigenvalue weighted by atomic mass is 19.4. The smallest absolute Gasteiger partial charge is 0.350 e. The number of hydrogen-bond acceptors (Lipinski definition) is 6. The summed E-state index contributed by atoms with van der Waals surface area (Å²) >= 11 is 0. The summed E-state index contributed by atoms with van der Waals surface area (Å²) in [6.07, 6.45) is -6.58. The molecule has 1 saturated heterocycles. The molecule has 0 atom stereocenters. The van der Waals surface area contributed by atoms with Crippen LogP contribution in [0.1, 0.15) is 18.4 Å². The number of halogens is 6. The van der Waals surface area contributed by atoms with Crippen LogP contribution in [0.2, 0.25) is 0 Å². The fourth-order valence-corrected chi connectivity index (χ4v) is 3.46. The van der Waals surface area contributed by atoms with E-state index in [9.17, 15) is 31.1 Å². The molecule has 0 radical (unpaired) electrons. The summed E-state index contributed by atoms with van der Waals surface area (Å²) in [6, 6.07) is 3.17. The lowest BCUT2D eigenvalue weighted by atomic mass is 10.1. The third-order valence-corrected chi connectivity index (χ3v) is 5.01. The molecular weight excluding hydrogens is 444 g/mol. The number of nitrogens with zero attached hydrogens (tertiary/aromatic N) is 6. The first kappa shape index (κ1) is 21.8. The van der Waals surface area contributed by atoms with E-state index in [4.69, 9.17) is 0 Å². The van der Waals surface area contributed by atoms with Crippen LogP contribution in [0.5, 0.6) is 0 Å². The monoisotopic (exact) mass is 459 g/mol. The highest BCUT2D eigenvalue weighted by Gasteiger charge is 2.43. The number of likely N-dealkylation sites (tertiary alicyclic amines) is 1. The number of nitrogens with one attached hydrogen (secondary N) is 1. The van der Waals surface area contributed by atoms with Crippen molar-refractivity contribution in [3.05, 3.63) is 36.2 Å². The van der Waals surface area contributed by atoms with Gasteiger partial charge in [0.05, 0.1) is 17.5 Å². The van der Waals surface area contributed by atoms with Gasteiger partial charge in [-0.2, -0.15) is 36.0 Å². The average Bonchev–Trinajstić information content (AvgIpc) is 3.14.